The molecule has 0 fully saturated rings. The summed E-state index contributed by atoms with van der Waals surface area (Å²) >= 11 is 0. The Morgan fingerprint density at radius 2 is 1.65 bits per heavy atom. The van der Waals surface area contributed by atoms with Crippen LogP contribution in [0.15, 0.2) is 48.5 Å². The molecule has 0 spiro atoms. The lowest BCUT2D eigenvalue weighted by Crippen LogP contribution is -2.04. The lowest BCUT2D eigenvalue weighted by atomic mass is 10.1. The standard InChI is InChI=1S/C17H18N2O/c1-20-17-8-4-15(5-9-17)11-13-19-16-6-2-14(3-7-16)10-12-18/h2-9,19H,10-11,13H2,1H3. The maximum Gasteiger partial charge on any atom is 0.118 e. The number of benzene rings is 2. The van der Waals surface area contributed by atoms with Crippen molar-refractivity contribution < 1.29 is 4.74 Å². The first-order valence-corrected chi connectivity index (χ1v) is 6.64. The van der Waals surface area contributed by atoms with Gasteiger partial charge in [0.25, 0.3) is 0 Å². The molecule has 20 heavy (non-hydrogen) atoms. The van der Waals surface area contributed by atoms with E-state index in [-0.39, 0.29) is 0 Å². The Balaban J connectivity index is 1.81. The van der Waals surface area contributed by atoms with Crippen molar-refractivity contribution in [3.8, 4) is 11.8 Å². The van der Waals surface area contributed by atoms with Gasteiger partial charge in [-0.3, -0.25) is 0 Å². The monoisotopic (exact) mass is 266 g/mol. The Kier molecular flexibility index (Phi) is 5.02. The van der Waals surface area contributed by atoms with Gasteiger partial charge in [0.1, 0.15) is 5.75 Å². The van der Waals surface area contributed by atoms with Gasteiger partial charge in [-0.25, -0.2) is 0 Å². The highest BCUT2D eigenvalue weighted by Gasteiger charge is 1.96. The Morgan fingerprint density at radius 1 is 1.00 bits per heavy atom. The van der Waals surface area contributed by atoms with Gasteiger partial charge in [-0.1, -0.05) is 24.3 Å². The topological polar surface area (TPSA) is 45.0 Å². The highest BCUT2D eigenvalue weighted by atomic mass is 16.5. The van der Waals surface area contributed by atoms with Crippen LogP contribution in [0.1, 0.15) is 11.1 Å². The summed E-state index contributed by atoms with van der Waals surface area (Å²) in [7, 11) is 1.67. The molecule has 1 N–H and O–H groups in total. The van der Waals surface area contributed by atoms with E-state index in [9.17, 15) is 0 Å². The zero-order valence-electron chi connectivity index (χ0n) is 11.6. The number of ether oxygens (including phenoxy) is 1. The van der Waals surface area contributed by atoms with E-state index in [1.165, 1.54) is 5.56 Å². The lowest BCUT2D eigenvalue weighted by molar-refractivity contribution is 0.414. The van der Waals surface area contributed by atoms with Crippen molar-refractivity contribution in [3.05, 3.63) is 59.7 Å². The molecule has 2 aromatic rings. The molecule has 0 unspecified atom stereocenters. The maximum atomic E-state index is 8.62. The van der Waals surface area contributed by atoms with Crippen molar-refractivity contribution in [2.45, 2.75) is 12.8 Å². The third kappa shape index (κ3) is 4.03. The number of anilines is 1. The van der Waals surface area contributed by atoms with Crippen molar-refractivity contribution >= 4 is 5.69 Å². The van der Waals surface area contributed by atoms with E-state index in [1.807, 2.05) is 36.4 Å². The third-order valence-corrected chi connectivity index (χ3v) is 3.14. The average molecular weight is 266 g/mol. The molecule has 0 aliphatic carbocycles. The number of nitrogens with one attached hydrogen (secondary N) is 1. The van der Waals surface area contributed by atoms with Crippen LogP contribution in [0.3, 0.4) is 0 Å². The van der Waals surface area contributed by atoms with E-state index in [0.717, 1.165) is 30.0 Å². The van der Waals surface area contributed by atoms with Gasteiger partial charge in [0.15, 0.2) is 0 Å². The van der Waals surface area contributed by atoms with Crippen LogP contribution in [0.4, 0.5) is 5.69 Å². The fraction of sp³-hybridized carbons (Fsp3) is 0.235. The molecule has 3 heteroatoms. The highest BCUT2D eigenvalue weighted by Crippen LogP contribution is 2.13. The van der Waals surface area contributed by atoms with Crippen molar-refractivity contribution in [2.24, 2.45) is 0 Å². The normalized spacial score (nSPS) is 9.80. The second kappa shape index (κ2) is 7.20. The molecule has 0 saturated heterocycles. The van der Waals surface area contributed by atoms with Gasteiger partial charge in [-0.05, 0) is 41.8 Å². The number of rotatable bonds is 6. The molecule has 3 nitrogen and oxygen atoms in total. The zero-order valence-corrected chi connectivity index (χ0v) is 11.6. The number of methoxy groups -OCH3 is 1. The van der Waals surface area contributed by atoms with Crippen LogP contribution >= 0.6 is 0 Å². The second-order valence-electron chi connectivity index (χ2n) is 4.56. The minimum atomic E-state index is 0.464. The van der Waals surface area contributed by atoms with Crippen LogP contribution in [-0.2, 0) is 12.8 Å². The van der Waals surface area contributed by atoms with Crippen molar-refractivity contribution in [1.82, 2.24) is 0 Å². The second-order valence-corrected chi connectivity index (χ2v) is 4.56. The summed E-state index contributed by atoms with van der Waals surface area (Å²) in [6.45, 7) is 0.879. The molecular formula is C17H18N2O. The molecule has 0 aliphatic rings. The van der Waals surface area contributed by atoms with Gasteiger partial charge in [0.05, 0.1) is 19.6 Å². The fourth-order valence-electron chi connectivity index (χ4n) is 1.98. The third-order valence-electron chi connectivity index (χ3n) is 3.14. The predicted molar refractivity (Wildman–Crippen MR) is 80.9 cm³/mol. The summed E-state index contributed by atoms with van der Waals surface area (Å²) in [6, 6.07) is 18.3. The van der Waals surface area contributed by atoms with Crippen molar-refractivity contribution in [1.29, 1.82) is 5.26 Å². The van der Waals surface area contributed by atoms with Crippen molar-refractivity contribution in [3.63, 3.8) is 0 Å². The highest BCUT2D eigenvalue weighted by molar-refractivity contribution is 5.45. The molecule has 2 rings (SSSR count). The average Bonchev–Trinajstić information content (AvgIpc) is 2.50. The van der Waals surface area contributed by atoms with E-state index < -0.39 is 0 Å². The van der Waals surface area contributed by atoms with Crippen LogP contribution in [0.5, 0.6) is 5.75 Å². The van der Waals surface area contributed by atoms with E-state index >= 15 is 0 Å². The van der Waals surface area contributed by atoms with E-state index in [2.05, 4.69) is 23.5 Å². The van der Waals surface area contributed by atoms with E-state index in [0.29, 0.717) is 6.42 Å². The van der Waals surface area contributed by atoms with E-state index in [1.54, 1.807) is 7.11 Å². The van der Waals surface area contributed by atoms with Crippen molar-refractivity contribution in [2.75, 3.05) is 19.0 Å². The van der Waals surface area contributed by atoms with Gasteiger partial charge in [-0.15, -0.1) is 0 Å². The molecule has 0 aromatic heterocycles. The Labute approximate surface area is 119 Å². The van der Waals surface area contributed by atoms with Gasteiger partial charge >= 0.3 is 0 Å². The maximum absolute atomic E-state index is 8.62. The van der Waals surface area contributed by atoms with Crippen LogP contribution in [0.25, 0.3) is 0 Å². The van der Waals surface area contributed by atoms with Crippen LogP contribution in [0, 0.1) is 11.3 Å². The minimum Gasteiger partial charge on any atom is -0.497 e. The largest absolute Gasteiger partial charge is 0.497 e. The lowest BCUT2D eigenvalue weighted by Gasteiger charge is -2.07. The Hall–Kier alpha value is -2.47. The molecule has 2 aromatic carbocycles. The number of hydrogen-bond donors (Lipinski definition) is 1. The summed E-state index contributed by atoms with van der Waals surface area (Å²) < 4.78 is 5.14. The number of hydrogen-bond acceptors (Lipinski definition) is 3. The molecule has 0 bridgehead atoms. The van der Waals surface area contributed by atoms with Crippen LogP contribution in [0.2, 0.25) is 0 Å². The molecule has 0 saturated carbocycles. The minimum absolute atomic E-state index is 0.464. The van der Waals surface area contributed by atoms with Crippen LogP contribution < -0.4 is 10.1 Å². The predicted octanol–water partition coefficient (Wildman–Crippen LogP) is 3.42. The summed E-state index contributed by atoms with van der Waals surface area (Å²) in [5, 5.41) is 12.0. The van der Waals surface area contributed by atoms with Gasteiger partial charge in [0, 0.05) is 12.2 Å². The summed E-state index contributed by atoms with van der Waals surface area (Å²) in [5.41, 5.74) is 3.41. The van der Waals surface area contributed by atoms with Gasteiger partial charge < -0.3 is 10.1 Å². The first-order chi connectivity index (χ1) is 9.81. The van der Waals surface area contributed by atoms with Gasteiger partial charge in [-0.2, -0.15) is 5.26 Å². The molecular weight excluding hydrogens is 248 g/mol. The molecule has 0 amide bonds. The molecule has 0 aliphatic heterocycles. The summed E-state index contributed by atoms with van der Waals surface area (Å²) in [6.07, 6.45) is 1.43. The quantitative estimate of drug-likeness (QED) is 0.871. The molecule has 102 valence electrons. The fourth-order valence-corrected chi connectivity index (χ4v) is 1.98. The molecule has 0 atom stereocenters. The summed E-state index contributed by atoms with van der Waals surface area (Å²) in [5.74, 6) is 0.884. The first kappa shape index (κ1) is 14.0. The van der Waals surface area contributed by atoms with Crippen LogP contribution in [-0.4, -0.2) is 13.7 Å². The Morgan fingerprint density at radius 3 is 2.25 bits per heavy atom. The van der Waals surface area contributed by atoms with E-state index in [4.69, 9.17) is 10.00 Å². The van der Waals surface area contributed by atoms with Gasteiger partial charge in [0.2, 0.25) is 0 Å². The summed E-state index contributed by atoms with van der Waals surface area (Å²) in [4.78, 5) is 0. The first-order valence-electron chi connectivity index (χ1n) is 6.64. The zero-order chi connectivity index (χ0) is 14.2. The SMILES string of the molecule is COc1ccc(CCNc2ccc(CC#N)cc2)cc1. The number of nitriles is 1. The smallest absolute Gasteiger partial charge is 0.118 e. The molecule has 0 heterocycles. The molecule has 0 radical (unpaired) electrons. The number of nitrogens with zero attached hydrogens (tertiary/aromatic N) is 1. The Bertz CT molecular complexity index is 567.